The van der Waals surface area contributed by atoms with E-state index in [1.807, 2.05) is 6.92 Å². The summed E-state index contributed by atoms with van der Waals surface area (Å²) in [7, 11) is 0. The van der Waals surface area contributed by atoms with Gasteiger partial charge in [-0.3, -0.25) is 9.78 Å². The first-order valence-corrected chi connectivity index (χ1v) is 4.81. The van der Waals surface area contributed by atoms with E-state index in [2.05, 4.69) is 15.0 Å². The molecule has 2 aromatic rings. The highest BCUT2D eigenvalue weighted by Gasteiger charge is 2.12. The smallest absolute Gasteiger partial charge is 0.246 e. The highest BCUT2D eigenvalue weighted by Crippen LogP contribution is 2.04. The van der Waals surface area contributed by atoms with Crippen molar-refractivity contribution in [3.05, 3.63) is 47.8 Å². The molecule has 0 atom stereocenters. The van der Waals surface area contributed by atoms with E-state index in [9.17, 15) is 4.79 Å². The summed E-state index contributed by atoms with van der Waals surface area (Å²) in [6.45, 7) is 2.00. The minimum Gasteiger partial charge on any atom is -0.339 e. The SMILES string of the molecule is CCc1cnc(C(=O)c2ccccn2)[nH]1. The Labute approximate surface area is 87.4 Å². The zero-order chi connectivity index (χ0) is 10.7. The number of carbonyl (C=O) groups is 1. The van der Waals surface area contributed by atoms with Gasteiger partial charge in [-0.15, -0.1) is 0 Å². The number of H-pyrrole nitrogens is 1. The van der Waals surface area contributed by atoms with Crippen LogP contribution < -0.4 is 0 Å². The molecule has 15 heavy (non-hydrogen) atoms. The molecule has 76 valence electrons. The molecule has 0 aliphatic carbocycles. The maximum absolute atomic E-state index is 11.8. The average Bonchev–Trinajstić information content (AvgIpc) is 2.78. The fourth-order valence-electron chi connectivity index (χ4n) is 1.27. The number of rotatable bonds is 3. The molecule has 0 saturated carbocycles. The molecule has 0 amide bonds. The van der Waals surface area contributed by atoms with Gasteiger partial charge >= 0.3 is 0 Å². The summed E-state index contributed by atoms with van der Waals surface area (Å²) < 4.78 is 0. The highest BCUT2D eigenvalue weighted by molar-refractivity contribution is 6.05. The van der Waals surface area contributed by atoms with E-state index < -0.39 is 0 Å². The van der Waals surface area contributed by atoms with Gasteiger partial charge in [0, 0.05) is 18.1 Å². The number of hydrogen-bond acceptors (Lipinski definition) is 3. The van der Waals surface area contributed by atoms with Gasteiger partial charge in [0.2, 0.25) is 5.78 Å². The molecule has 0 aliphatic rings. The van der Waals surface area contributed by atoms with E-state index in [1.165, 1.54) is 0 Å². The Morgan fingerprint density at radius 3 is 2.87 bits per heavy atom. The van der Waals surface area contributed by atoms with E-state index in [0.29, 0.717) is 11.5 Å². The predicted octanol–water partition coefficient (Wildman–Crippen LogP) is 1.60. The van der Waals surface area contributed by atoms with Crippen LogP contribution in [0.25, 0.3) is 0 Å². The summed E-state index contributed by atoms with van der Waals surface area (Å²) in [6, 6.07) is 5.23. The number of hydrogen-bond donors (Lipinski definition) is 1. The van der Waals surface area contributed by atoms with Gasteiger partial charge in [0.1, 0.15) is 5.69 Å². The molecule has 0 saturated heterocycles. The molecule has 0 unspecified atom stereocenters. The van der Waals surface area contributed by atoms with Gasteiger partial charge in [-0.1, -0.05) is 13.0 Å². The van der Waals surface area contributed by atoms with E-state index in [-0.39, 0.29) is 5.78 Å². The molecular weight excluding hydrogens is 190 g/mol. The molecule has 0 spiro atoms. The monoisotopic (exact) mass is 201 g/mol. The Kier molecular flexibility index (Phi) is 2.58. The number of ketones is 1. The molecular formula is C11H11N3O. The Hall–Kier alpha value is -1.97. The lowest BCUT2D eigenvalue weighted by molar-refractivity contribution is 0.102. The van der Waals surface area contributed by atoms with Gasteiger partial charge in [-0.25, -0.2) is 4.98 Å². The number of aromatic amines is 1. The molecule has 0 aromatic carbocycles. The Morgan fingerprint density at radius 1 is 1.40 bits per heavy atom. The van der Waals surface area contributed by atoms with Crippen molar-refractivity contribution in [3.63, 3.8) is 0 Å². The molecule has 0 radical (unpaired) electrons. The van der Waals surface area contributed by atoms with Gasteiger partial charge in [-0.2, -0.15) is 0 Å². The van der Waals surface area contributed by atoms with Crippen molar-refractivity contribution in [2.24, 2.45) is 0 Å². The zero-order valence-electron chi connectivity index (χ0n) is 8.40. The number of aromatic nitrogens is 3. The highest BCUT2D eigenvalue weighted by atomic mass is 16.1. The summed E-state index contributed by atoms with van der Waals surface area (Å²) in [5.41, 5.74) is 1.36. The molecule has 0 aliphatic heterocycles. The number of aryl methyl sites for hydroxylation is 1. The first-order valence-electron chi connectivity index (χ1n) is 4.81. The van der Waals surface area contributed by atoms with Crippen LogP contribution in [0.3, 0.4) is 0 Å². The summed E-state index contributed by atoms with van der Waals surface area (Å²) in [5.74, 6) is 0.181. The largest absolute Gasteiger partial charge is 0.339 e. The van der Waals surface area contributed by atoms with Crippen LogP contribution in [0, 0.1) is 0 Å². The summed E-state index contributed by atoms with van der Waals surface area (Å²) in [4.78, 5) is 22.8. The molecule has 0 bridgehead atoms. The summed E-state index contributed by atoms with van der Waals surface area (Å²) in [5, 5.41) is 0. The van der Waals surface area contributed by atoms with Crippen LogP contribution in [0.5, 0.6) is 0 Å². The van der Waals surface area contributed by atoms with Gasteiger partial charge < -0.3 is 4.98 Å². The van der Waals surface area contributed by atoms with Gasteiger partial charge in [-0.05, 0) is 18.6 Å². The van der Waals surface area contributed by atoms with Crippen molar-refractivity contribution in [1.82, 2.24) is 15.0 Å². The third kappa shape index (κ3) is 1.93. The first-order chi connectivity index (χ1) is 7.31. The maximum Gasteiger partial charge on any atom is 0.246 e. The van der Waals surface area contributed by atoms with Gasteiger partial charge in [0.25, 0.3) is 0 Å². The number of nitrogens with zero attached hydrogens (tertiary/aromatic N) is 2. The molecule has 2 aromatic heterocycles. The number of carbonyl (C=O) groups excluding carboxylic acids is 1. The minimum atomic E-state index is -0.171. The number of pyridine rings is 1. The summed E-state index contributed by atoms with van der Waals surface area (Å²) in [6.07, 6.45) is 4.11. The Balaban J connectivity index is 2.29. The molecule has 0 fully saturated rings. The maximum atomic E-state index is 11.8. The lowest BCUT2D eigenvalue weighted by Gasteiger charge is -1.95. The quantitative estimate of drug-likeness (QED) is 0.767. The lowest BCUT2D eigenvalue weighted by Crippen LogP contribution is -2.05. The second-order valence-corrected chi connectivity index (χ2v) is 3.15. The van der Waals surface area contributed by atoms with E-state index in [0.717, 1.165) is 12.1 Å². The zero-order valence-corrected chi connectivity index (χ0v) is 8.40. The topological polar surface area (TPSA) is 58.6 Å². The standard InChI is InChI=1S/C11H11N3O/c1-2-8-7-13-11(14-8)10(15)9-5-3-4-6-12-9/h3-7H,2H2,1H3,(H,13,14). The van der Waals surface area contributed by atoms with Crippen LogP contribution >= 0.6 is 0 Å². The molecule has 2 heterocycles. The minimum absolute atomic E-state index is 0.171. The van der Waals surface area contributed by atoms with Crippen molar-refractivity contribution in [2.45, 2.75) is 13.3 Å². The molecule has 2 rings (SSSR count). The van der Waals surface area contributed by atoms with Crippen LogP contribution in [0.15, 0.2) is 30.6 Å². The fourth-order valence-corrected chi connectivity index (χ4v) is 1.27. The molecule has 4 nitrogen and oxygen atoms in total. The van der Waals surface area contributed by atoms with Gasteiger partial charge in [0.05, 0.1) is 0 Å². The molecule has 1 N–H and O–H groups in total. The first kappa shape index (κ1) is 9.58. The van der Waals surface area contributed by atoms with Crippen molar-refractivity contribution < 1.29 is 4.79 Å². The third-order valence-corrected chi connectivity index (χ3v) is 2.12. The van der Waals surface area contributed by atoms with Crippen LogP contribution in [0.2, 0.25) is 0 Å². The van der Waals surface area contributed by atoms with E-state index in [1.54, 1.807) is 30.6 Å². The predicted molar refractivity (Wildman–Crippen MR) is 55.6 cm³/mol. The average molecular weight is 201 g/mol. The van der Waals surface area contributed by atoms with E-state index >= 15 is 0 Å². The third-order valence-electron chi connectivity index (χ3n) is 2.12. The van der Waals surface area contributed by atoms with Crippen molar-refractivity contribution >= 4 is 5.78 Å². The molecule has 4 heteroatoms. The fraction of sp³-hybridized carbons (Fsp3) is 0.182. The Morgan fingerprint density at radius 2 is 2.27 bits per heavy atom. The normalized spacial score (nSPS) is 10.2. The number of imidazole rings is 1. The van der Waals surface area contributed by atoms with Crippen LogP contribution in [-0.2, 0) is 6.42 Å². The number of nitrogens with one attached hydrogen (secondary N) is 1. The van der Waals surface area contributed by atoms with Crippen molar-refractivity contribution in [2.75, 3.05) is 0 Å². The van der Waals surface area contributed by atoms with Crippen LogP contribution in [0.1, 0.15) is 28.9 Å². The Bertz CT molecular complexity index is 462. The van der Waals surface area contributed by atoms with Gasteiger partial charge in [0.15, 0.2) is 5.82 Å². The van der Waals surface area contributed by atoms with E-state index in [4.69, 9.17) is 0 Å². The lowest BCUT2D eigenvalue weighted by atomic mass is 10.2. The second kappa shape index (κ2) is 4.04. The van der Waals surface area contributed by atoms with Crippen LogP contribution in [-0.4, -0.2) is 20.7 Å². The van der Waals surface area contributed by atoms with Crippen molar-refractivity contribution in [3.8, 4) is 0 Å². The van der Waals surface area contributed by atoms with Crippen LogP contribution in [0.4, 0.5) is 0 Å². The second-order valence-electron chi connectivity index (χ2n) is 3.15. The summed E-state index contributed by atoms with van der Waals surface area (Å²) >= 11 is 0. The van der Waals surface area contributed by atoms with Crippen molar-refractivity contribution in [1.29, 1.82) is 0 Å².